The van der Waals surface area contributed by atoms with E-state index in [1.807, 2.05) is 20.8 Å². The summed E-state index contributed by atoms with van der Waals surface area (Å²) in [6.45, 7) is 6.46. The summed E-state index contributed by atoms with van der Waals surface area (Å²) in [4.78, 5) is 25.2. The third-order valence-corrected chi connectivity index (χ3v) is 9.30. The Morgan fingerprint density at radius 3 is 2.18 bits per heavy atom. The Labute approximate surface area is 194 Å². The summed E-state index contributed by atoms with van der Waals surface area (Å²) in [5.74, 6) is -1.83. The first-order valence-electron chi connectivity index (χ1n) is 12.5. The van der Waals surface area contributed by atoms with Crippen molar-refractivity contribution in [3.05, 3.63) is 0 Å². The van der Waals surface area contributed by atoms with Crippen LogP contribution in [-0.2, 0) is 14.3 Å². The molecule has 33 heavy (non-hydrogen) atoms. The topological polar surface area (TPSA) is 83.8 Å². The van der Waals surface area contributed by atoms with E-state index in [0.29, 0.717) is 25.7 Å². The summed E-state index contributed by atoms with van der Waals surface area (Å²) in [6.07, 6.45) is -0.601. The molecule has 2 N–H and O–H groups in total. The number of halogens is 3. The standard InChI is InChI=1S/C25H39F3O5/c1-5-23(3,20-14(2)17-11-16(20)12-18(17)21(29)30)22(31)33-19(15-9-7-6-8-10-15)13-24(4,32)25(26,27)28/h14-20,32H,5-13H2,1-4H3,(H,29,30). The monoisotopic (exact) mass is 476 g/mol. The number of carboxylic acid groups (broad SMARTS) is 1. The Balaban J connectivity index is 1.81. The first-order chi connectivity index (χ1) is 15.2. The number of aliphatic hydroxyl groups is 1. The van der Waals surface area contributed by atoms with Crippen LogP contribution in [0.1, 0.15) is 85.5 Å². The van der Waals surface area contributed by atoms with Gasteiger partial charge in [0.15, 0.2) is 5.60 Å². The largest absolute Gasteiger partial charge is 0.481 e. The van der Waals surface area contributed by atoms with Gasteiger partial charge in [-0.2, -0.15) is 13.2 Å². The molecule has 3 saturated carbocycles. The van der Waals surface area contributed by atoms with Gasteiger partial charge in [-0.05, 0) is 75.5 Å². The fourth-order valence-electron chi connectivity index (χ4n) is 7.17. The van der Waals surface area contributed by atoms with Crippen molar-refractivity contribution in [1.82, 2.24) is 0 Å². The SMILES string of the molecule is CCC(C)(C(=O)OC(CC(C)(O)C(F)(F)F)C1CCCCC1)C1C2CC(C(=O)O)C(C2)C1C. The van der Waals surface area contributed by atoms with Crippen molar-refractivity contribution >= 4 is 11.9 Å². The Hall–Kier alpha value is -1.31. The molecule has 0 heterocycles. The molecule has 8 unspecified atom stereocenters. The number of esters is 1. The van der Waals surface area contributed by atoms with Gasteiger partial charge in [-0.3, -0.25) is 9.59 Å². The van der Waals surface area contributed by atoms with E-state index in [-0.39, 0.29) is 29.6 Å². The molecule has 0 aromatic heterocycles. The molecule has 2 bridgehead atoms. The molecule has 0 aromatic rings. The van der Waals surface area contributed by atoms with Gasteiger partial charge >= 0.3 is 18.1 Å². The lowest BCUT2D eigenvalue weighted by Crippen LogP contribution is -2.50. The number of hydrogen-bond acceptors (Lipinski definition) is 4. The van der Waals surface area contributed by atoms with E-state index in [1.54, 1.807) is 0 Å². The lowest BCUT2D eigenvalue weighted by atomic mass is 9.62. The summed E-state index contributed by atoms with van der Waals surface area (Å²) < 4.78 is 46.3. The van der Waals surface area contributed by atoms with Crippen LogP contribution in [-0.4, -0.2) is 40.0 Å². The van der Waals surface area contributed by atoms with Gasteiger partial charge in [0, 0.05) is 6.42 Å². The molecule has 3 fully saturated rings. The molecule has 3 aliphatic rings. The highest BCUT2D eigenvalue weighted by molar-refractivity contribution is 5.77. The Morgan fingerprint density at radius 1 is 1.09 bits per heavy atom. The molecule has 0 aliphatic heterocycles. The summed E-state index contributed by atoms with van der Waals surface area (Å²) in [6, 6.07) is 0. The fourth-order valence-corrected chi connectivity index (χ4v) is 7.17. The number of alkyl halides is 3. The molecule has 0 aromatic carbocycles. The Morgan fingerprint density at radius 2 is 1.70 bits per heavy atom. The summed E-state index contributed by atoms with van der Waals surface area (Å²) in [5, 5.41) is 19.7. The summed E-state index contributed by atoms with van der Waals surface area (Å²) in [7, 11) is 0. The number of rotatable bonds is 8. The number of carbonyl (C=O) groups excluding carboxylic acids is 1. The van der Waals surface area contributed by atoms with Crippen LogP contribution >= 0.6 is 0 Å². The molecule has 3 rings (SSSR count). The summed E-state index contributed by atoms with van der Waals surface area (Å²) >= 11 is 0. The minimum absolute atomic E-state index is 0.0104. The normalized spacial score (nSPS) is 35.0. The smallest absolute Gasteiger partial charge is 0.417 e. The lowest BCUT2D eigenvalue weighted by Gasteiger charge is -2.44. The molecular weight excluding hydrogens is 437 g/mol. The van der Waals surface area contributed by atoms with Crippen LogP contribution in [0.3, 0.4) is 0 Å². The van der Waals surface area contributed by atoms with Crippen molar-refractivity contribution in [2.45, 2.75) is 103 Å². The van der Waals surface area contributed by atoms with Crippen molar-refractivity contribution < 1.29 is 37.7 Å². The van der Waals surface area contributed by atoms with Crippen molar-refractivity contribution in [3.8, 4) is 0 Å². The third kappa shape index (κ3) is 4.92. The number of fused-ring (bicyclic) bond motifs is 2. The molecule has 190 valence electrons. The molecule has 0 saturated heterocycles. The van der Waals surface area contributed by atoms with E-state index in [9.17, 15) is 33.0 Å². The zero-order valence-electron chi connectivity index (χ0n) is 20.2. The second-order valence-electron chi connectivity index (χ2n) is 11.3. The number of ether oxygens (including phenoxy) is 1. The average Bonchev–Trinajstić information content (AvgIpc) is 3.31. The number of hydrogen-bond donors (Lipinski definition) is 2. The maximum atomic E-state index is 13.6. The Bertz CT molecular complexity index is 728. The maximum absolute atomic E-state index is 13.6. The van der Waals surface area contributed by atoms with Crippen LogP contribution in [0.2, 0.25) is 0 Å². The minimum atomic E-state index is -4.81. The second kappa shape index (κ2) is 9.38. The van der Waals surface area contributed by atoms with Gasteiger partial charge in [0.2, 0.25) is 0 Å². The molecule has 5 nitrogen and oxygen atoms in total. The zero-order valence-corrected chi connectivity index (χ0v) is 20.2. The van der Waals surface area contributed by atoms with E-state index in [0.717, 1.165) is 32.6 Å². The van der Waals surface area contributed by atoms with E-state index in [4.69, 9.17) is 4.74 Å². The van der Waals surface area contributed by atoms with Crippen molar-refractivity contribution in [3.63, 3.8) is 0 Å². The van der Waals surface area contributed by atoms with E-state index in [2.05, 4.69) is 0 Å². The molecular formula is C25H39F3O5. The third-order valence-electron chi connectivity index (χ3n) is 9.30. The zero-order chi connectivity index (χ0) is 24.8. The van der Waals surface area contributed by atoms with E-state index >= 15 is 0 Å². The van der Waals surface area contributed by atoms with Gasteiger partial charge in [0.1, 0.15) is 6.10 Å². The van der Waals surface area contributed by atoms with Crippen LogP contribution in [0.15, 0.2) is 0 Å². The number of aliphatic carboxylic acids is 1. The minimum Gasteiger partial charge on any atom is -0.481 e. The molecule has 8 atom stereocenters. The summed E-state index contributed by atoms with van der Waals surface area (Å²) in [5.41, 5.74) is -3.84. The fraction of sp³-hybridized carbons (Fsp3) is 0.920. The lowest BCUT2D eigenvalue weighted by molar-refractivity contribution is -0.264. The molecule has 8 heteroatoms. The maximum Gasteiger partial charge on any atom is 0.417 e. The van der Waals surface area contributed by atoms with Gasteiger partial charge in [0.25, 0.3) is 0 Å². The van der Waals surface area contributed by atoms with Gasteiger partial charge in [0.05, 0.1) is 11.3 Å². The first-order valence-corrected chi connectivity index (χ1v) is 12.5. The van der Waals surface area contributed by atoms with Gasteiger partial charge in [-0.15, -0.1) is 0 Å². The van der Waals surface area contributed by atoms with Crippen LogP contribution in [0, 0.1) is 40.9 Å². The predicted octanol–water partition coefficient (Wildman–Crippen LogP) is 5.59. The van der Waals surface area contributed by atoms with Gasteiger partial charge in [-0.25, -0.2) is 0 Å². The van der Waals surface area contributed by atoms with Crippen LogP contribution in [0.4, 0.5) is 13.2 Å². The highest BCUT2D eigenvalue weighted by atomic mass is 19.4. The molecule has 0 amide bonds. The van der Waals surface area contributed by atoms with Gasteiger partial charge < -0.3 is 14.9 Å². The highest BCUT2D eigenvalue weighted by Crippen LogP contribution is 2.61. The quantitative estimate of drug-likeness (QED) is 0.446. The highest BCUT2D eigenvalue weighted by Gasteiger charge is 2.60. The molecule has 0 radical (unpaired) electrons. The van der Waals surface area contributed by atoms with Gasteiger partial charge in [-0.1, -0.05) is 33.1 Å². The molecule has 3 aliphatic carbocycles. The van der Waals surface area contributed by atoms with Crippen LogP contribution in [0.25, 0.3) is 0 Å². The van der Waals surface area contributed by atoms with E-state index < -0.39 is 47.6 Å². The molecule has 0 spiro atoms. The average molecular weight is 477 g/mol. The number of carboxylic acids is 1. The van der Waals surface area contributed by atoms with Crippen molar-refractivity contribution in [2.75, 3.05) is 0 Å². The van der Waals surface area contributed by atoms with Crippen LogP contribution in [0.5, 0.6) is 0 Å². The second-order valence-corrected chi connectivity index (χ2v) is 11.3. The van der Waals surface area contributed by atoms with Crippen molar-refractivity contribution in [1.29, 1.82) is 0 Å². The predicted molar refractivity (Wildman–Crippen MR) is 116 cm³/mol. The Kier molecular flexibility index (Phi) is 7.48. The van der Waals surface area contributed by atoms with E-state index in [1.165, 1.54) is 0 Å². The van der Waals surface area contributed by atoms with Crippen LogP contribution < -0.4 is 0 Å². The van der Waals surface area contributed by atoms with Crippen molar-refractivity contribution in [2.24, 2.45) is 40.9 Å². The first kappa shape index (κ1) is 26.3. The number of carbonyl (C=O) groups is 2.